The third-order valence-electron chi connectivity index (χ3n) is 23.6. The summed E-state index contributed by atoms with van der Waals surface area (Å²) >= 11 is 0. The number of phenols is 4. The normalized spacial score (nSPS) is 26.0. The van der Waals surface area contributed by atoms with Gasteiger partial charge in [-0.25, -0.2) is 35.1 Å². The highest BCUT2D eigenvalue weighted by Gasteiger charge is 2.45. The molecule has 8 saturated heterocycles. The van der Waals surface area contributed by atoms with Crippen molar-refractivity contribution in [2.24, 2.45) is 0 Å². The summed E-state index contributed by atoms with van der Waals surface area (Å²) in [7, 11) is 0. The van der Waals surface area contributed by atoms with Gasteiger partial charge in [0, 0.05) is 102 Å². The van der Waals surface area contributed by atoms with Crippen molar-refractivity contribution in [3.63, 3.8) is 0 Å². The van der Waals surface area contributed by atoms with Crippen molar-refractivity contribution in [1.82, 2.24) is 39.2 Å². The van der Waals surface area contributed by atoms with Crippen LogP contribution in [0.2, 0.25) is 0 Å². The molecule has 8 fully saturated rings. The molecule has 0 saturated carbocycles. The molecule has 4 N–H and O–H groups in total. The molecule has 16 nitrogen and oxygen atoms in total. The number of alkyl halides is 4. The predicted octanol–water partition coefficient (Wildman–Crippen LogP) is 13.8. The van der Waals surface area contributed by atoms with Crippen molar-refractivity contribution < 1.29 is 74.7 Å². The third kappa shape index (κ3) is 19.9. The van der Waals surface area contributed by atoms with Gasteiger partial charge in [-0.15, -0.1) is 0 Å². The lowest BCUT2D eigenvalue weighted by atomic mass is 9.87. The zero-order valence-electron chi connectivity index (χ0n) is 62.4. The molecule has 8 aliphatic heterocycles. The highest BCUT2D eigenvalue weighted by Crippen LogP contribution is 2.39. The van der Waals surface area contributed by atoms with Crippen LogP contribution in [-0.4, -0.2) is 211 Å². The Morgan fingerprint density at radius 1 is 0.250 bits per heavy atom. The number of piperidine rings is 4. The van der Waals surface area contributed by atoms with Crippen LogP contribution >= 0.6 is 0 Å². The third-order valence-corrected chi connectivity index (χ3v) is 23.6. The monoisotopic (exact) mass is 1540 g/mol. The van der Waals surface area contributed by atoms with E-state index in [9.17, 15) is 74.7 Å². The molecule has 16 rings (SSSR count). The summed E-state index contributed by atoms with van der Waals surface area (Å²) in [6.07, 6.45) is 1.17. The summed E-state index contributed by atoms with van der Waals surface area (Å²) in [4.78, 5) is 66.3. The Morgan fingerprint density at radius 3 is 0.598 bits per heavy atom. The van der Waals surface area contributed by atoms with Crippen LogP contribution in [0.3, 0.4) is 0 Å². The minimum absolute atomic E-state index is 0.0274. The summed E-state index contributed by atoms with van der Waals surface area (Å²) in [5.41, 5.74) is 7.13. The van der Waals surface area contributed by atoms with E-state index in [-0.39, 0.29) is 144 Å². The summed E-state index contributed by atoms with van der Waals surface area (Å²) in [6, 6.07) is 50.5. The van der Waals surface area contributed by atoms with Gasteiger partial charge in [0.05, 0.1) is 24.2 Å². The van der Waals surface area contributed by atoms with Gasteiger partial charge in [-0.05, 0) is 219 Å². The number of amides is 4. The quantitative estimate of drug-likeness (QED) is 0.0675. The van der Waals surface area contributed by atoms with Gasteiger partial charge >= 0.3 is 0 Å². The molecular formula is C88H96F8N8O8. The molecule has 592 valence electrons. The fraction of sp³-hybridized carbons (Fsp3) is 0.409. The molecule has 0 aromatic heterocycles. The van der Waals surface area contributed by atoms with E-state index in [0.717, 1.165) is 44.5 Å². The van der Waals surface area contributed by atoms with Gasteiger partial charge < -0.3 is 40.0 Å². The number of carbonyl (C=O) groups is 4. The van der Waals surface area contributed by atoms with E-state index in [4.69, 9.17) is 0 Å². The van der Waals surface area contributed by atoms with Crippen LogP contribution in [0.1, 0.15) is 120 Å². The van der Waals surface area contributed by atoms with Crippen LogP contribution in [0.25, 0.3) is 0 Å². The first-order valence-corrected chi connectivity index (χ1v) is 38.9. The number of halogens is 8. The predicted molar refractivity (Wildman–Crippen MR) is 409 cm³/mol. The maximum atomic E-state index is 14.9. The van der Waals surface area contributed by atoms with Gasteiger partial charge in [-0.3, -0.25) is 38.8 Å². The number of aromatic hydroxyl groups is 4. The second kappa shape index (κ2) is 36.7. The maximum Gasteiger partial charge on any atom is 0.240 e. The van der Waals surface area contributed by atoms with Crippen LogP contribution in [0.5, 0.6) is 23.0 Å². The average Bonchev–Trinajstić information content (AvgIpc) is 1.68. The Kier molecular flexibility index (Phi) is 26.3. The molecular weight excluding hydrogens is 1450 g/mol. The van der Waals surface area contributed by atoms with Crippen LogP contribution in [0.15, 0.2) is 194 Å². The number of rotatable bonds is 16. The number of carbonyl (C=O) groups excluding carboxylic acids is 4. The molecule has 0 radical (unpaired) electrons. The molecule has 8 aromatic carbocycles. The number of likely N-dealkylation sites (tertiary alicyclic amines) is 8. The summed E-state index contributed by atoms with van der Waals surface area (Å²) in [6.45, 7) is 8.03. The molecule has 112 heavy (non-hydrogen) atoms. The standard InChI is InChI=1S/4C22H24F2N2O2/c4*23-17-5-1-15(2-6-17)13-26-12-10-21(22(26)28)25-11-9-19(20(24)14-25)16-3-7-18(27)8-4-16/h4*1-8,19-21,27H,9-14H2/t2*19-,20+,21+;2*19-,20+,21-/m1010/s1. The van der Waals surface area contributed by atoms with Crippen LogP contribution in [0.4, 0.5) is 35.1 Å². The van der Waals surface area contributed by atoms with Crippen LogP contribution < -0.4 is 0 Å². The van der Waals surface area contributed by atoms with Gasteiger partial charge in [0.15, 0.2) is 0 Å². The van der Waals surface area contributed by atoms with Gasteiger partial charge in [0.2, 0.25) is 23.6 Å². The molecule has 0 unspecified atom stereocenters. The molecule has 12 atom stereocenters. The minimum Gasteiger partial charge on any atom is -0.508 e. The second-order valence-corrected chi connectivity index (χ2v) is 30.8. The number of hydrogen-bond acceptors (Lipinski definition) is 12. The average molecular weight is 1550 g/mol. The van der Waals surface area contributed by atoms with E-state index in [0.29, 0.717) is 130 Å². The molecule has 4 amide bonds. The van der Waals surface area contributed by atoms with E-state index in [1.807, 2.05) is 19.6 Å². The molecule has 0 spiro atoms. The van der Waals surface area contributed by atoms with E-state index >= 15 is 0 Å². The van der Waals surface area contributed by atoms with Gasteiger partial charge in [-0.1, -0.05) is 97.1 Å². The topological polar surface area (TPSA) is 175 Å². The highest BCUT2D eigenvalue weighted by molar-refractivity contribution is 5.86. The largest absolute Gasteiger partial charge is 0.508 e. The van der Waals surface area contributed by atoms with E-state index in [2.05, 4.69) is 0 Å². The molecule has 8 heterocycles. The SMILES string of the molecule is O=C1[C@@H](N2CC[C@@H](c3ccc(O)cc3)[C@H](F)C2)CCN1Cc1ccc(F)cc1.O=C1[C@@H](N2CC[C@H](c3ccc(O)cc3)[C@@H](F)C2)CCN1Cc1ccc(F)cc1.O=C1[C@H](N2CC[C@@H](c3ccc(O)cc3)[C@H](F)C2)CCN1Cc1ccc(F)cc1.O=C1[C@H](N2CC[C@H](c3ccc(O)cc3)[C@@H](F)C2)CCN1Cc1ccc(F)cc1. The van der Waals surface area contributed by atoms with Crippen molar-refractivity contribution in [1.29, 1.82) is 0 Å². The van der Waals surface area contributed by atoms with Crippen molar-refractivity contribution >= 4 is 23.6 Å². The molecule has 8 aliphatic rings. The van der Waals surface area contributed by atoms with Crippen molar-refractivity contribution in [3.05, 3.63) is 262 Å². The van der Waals surface area contributed by atoms with Gasteiger partial charge in [0.1, 0.15) is 71.0 Å². The smallest absolute Gasteiger partial charge is 0.240 e. The van der Waals surface area contributed by atoms with E-state index in [1.54, 1.807) is 165 Å². The van der Waals surface area contributed by atoms with E-state index < -0.39 is 24.7 Å². The zero-order chi connectivity index (χ0) is 78.7. The molecule has 24 heteroatoms. The Morgan fingerprint density at radius 2 is 0.429 bits per heavy atom. The van der Waals surface area contributed by atoms with Crippen molar-refractivity contribution in [3.8, 4) is 23.0 Å². The first kappa shape index (κ1) is 80.2. The Bertz CT molecular complexity index is 3870. The van der Waals surface area contributed by atoms with Crippen LogP contribution in [-0.2, 0) is 45.4 Å². The van der Waals surface area contributed by atoms with Crippen molar-refractivity contribution in [2.75, 3.05) is 78.5 Å². The fourth-order valence-corrected chi connectivity index (χ4v) is 17.3. The maximum absolute atomic E-state index is 14.9. The van der Waals surface area contributed by atoms with Crippen LogP contribution in [0, 0.1) is 23.3 Å². The van der Waals surface area contributed by atoms with E-state index in [1.165, 1.54) is 48.5 Å². The molecule has 0 aliphatic carbocycles. The Balaban J connectivity index is 0.000000131. The number of benzene rings is 8. The molecule has 0 bridgehead atoms. The Hall–Kier alpha value is -9.88. The lowest BCUT2D eigenvalue weighted by molar-refractivity contribution is -0.134. The summed E-state index contributed by atoms with van der Waals surface area (Å²) in [5.74, 6) is -1.18. The summed E-state index contributed by atoms with van der Waals surface area (Å²) in [5, 5.41) is 37.7. The van der Waals surface area contributed by atoms with Gasteiger partial charge in [-0.2, -0.15) is 0 Å². The lowest BCUT2D eigenvalue weighted by Crippen LogP contribution is -2.49. The number of nitrogens with zero attached hydrogens (tertiary/aromatic N) is 8. The zero-order valence-corrected chi connectivity index (χ0v) is 62.4. The number of phenolic OH excluding ortho intramolecular Hbond substituents is 4. The minimum atomic E-state index is -1.04. The fourth-order valence-electron chi connectivity index (χ4n) is 17.3. The Labute approximate surface area is 648 Å². The van der Waals surface area contributed by atoms with Gasteiger partial charge in [0.25, 0.3) is 0 Å². The first-order chi connectivity index (χ1) is 54.0. The van der Waals surface area contributed by atoms with Crippen molar-refractivity contribution in [2.45, 2.75) is 150 Å². The second-order valence-electron chi connectivity index (χ2n) is 30.8. The summed E-state index contributed by atoms with van der Waals surface area (Å²) < 4.78 is 112. The first-order valence-electron chi connectivity index (χ1n) is 38.9. The molecule has 8 aromatic rings. The lowest BCUT2D eigenvalue weighted by Gasteiger charge is -2.37. The number of hydrogen-bond donors (Lipinski definition) is 4. The highest BCUT2D eigenvalue weighted by atomic mass is 19.2.